The molecule has 0 bridgehead atoms. The van der Waals surface area contributed by atoms with Gasteiger partial charge < -0.3 is 4.74 Å². The molecule has 0 N–H and O–H groups in total. The van der Waals surface area contributed by atoms with Crippen molar-refractivity contribution in [2.75, 3.05) is 6.61 Å². The molecule has 0 unspecified atom stereocenters. The summed E-state index contributed by atoms with van der Waals surface area (Å²) in [4.78, 5) is 12.9. The summed E-state index contributed by atoms with van der Waals surface area (Å²) >= 11 is 0. The van der Waals surface area contributed by atoms with E-state index in [4.69, 9.17) is 4.74 Å². The van der Waals surface area contributed by atoms with Gasteiger partial charge in [-0.2, -0.15) is 0 Å². The number of hydrogen-bond acceptors (Lipinski definition) is 2. The van der Waals surface area contributed by atoms with E-state index in [1.807, 2.05) is 74.5 Å². The zero-order valence-electron chi connectivity index (χ0n) is 12.5. The molecule has 2 aromatic carbocycles. The number of rotatable bonds is 4. The maximum absolute atomic E-state index is 12.9. The quantitative estimate of drug-likeness (QED) is 0.855. The first-order chi connectivity index (χ1) is 10.2. The van der Waals surface area contributed by atoms with E-state index in [-0.39, 0.29) is 17.8 Å². The molecule has 0 saturated heterocycles. The Kier molecular flexibility index (Phi) is 3.64. The van der Waals surface area contributed by atoms with Crippen molar-refractivity contribution < 1.29 is 9.53 Å². The van der Waals surface area contributed by atoms with Crippen molar-refractivity contribution in [1.82, 2.24) is 0 Å². The number of benzene rings is 2. The standard InChI is InChI=1S/C19H20O2/c1-3-21-18-14(2)17(20)19(18,15-10-6-4-7-11-15)16-12-8-5-9-13-16/h4-14,18H,3H2,1-2H3/t14-,18-/m0/s1. The van der Waals surface area contributed by atoms with Crippen LogP contribution >= 0.6 is 0 Å². The first kappa shape index (κ1) is 14.0. The second-order valence-electron chi connectivity index (χ2n) is 5.57. The minimum absolute atomic E-state index is 0.0645. The third kappa shape index (κ3) is 1.94. The van der Waals surface area contributed by atoms with Gasteiger partial charge in [0.15, 0.2) is 5.78 Å². The fraction of sp³-hybridized carbons (Fsp3) is 0.316. The number of hydrogen-bond donors (Lipinski definition) is 0. The van der Waals surface area contributed by atoms with Gasteiger partial charge in [0.25, 0.3) is 0 Å². The Morgan fingerprint density at radius 3 is 1.86 bits per heavy atom. The smallest absolute Gasteiger partial charge is 0.155 e. The van der Waals surface area contributed by atoms with Crippen LogP contribution in [0.15, 0.2) is 60.7 Å². The van der Waals surface area contributed by atoms with Crippen molar-refractivity contribution in [1.29, 1.82) is 0 Å². The van der Waals surface area contributed by atoms with E-state index in [2.05, 4.69) is 0 Å². The maximum atomic E-state index is 12.9. The van der Waals surface area contributed by atoms with Crippen LogP contribution in [0.2, 0.25) is 0 Å². The average Bonchev–Trinajstić information content (AvgIpc) is 2.56. The molecular weight excluding hydrogens is 260 g/mol. The summed E-state index contributed by atoms with van der Waals surface area (Å²) in [5.74, 6) is 0.184. The second-order valence-corrected chi connectivity index (χ2v) is 5.57. The highest BCUT2D eigenvalue weighted by Crippen LogP contribution is 2.50. The Hall–Kier alpha value is -1.93. The van der Waals surface area contributed by atoms with Gasteiger partial charge in [0.2, 0.25) is 0 Å². The molecule has 2 heteroatoms. The van der Waals surface area contributed by atoms with E-state index in [0.717, 1.165) is 11.1 Å². The second kappa shape index (κ2) is 5.45. The van der Waals surface area contributed by atoms with E-state index in [1.54, 1.807) is 0 Å². The predicted molar refractivity (Wildman–Crippen MR) is 83.2 cm³/mol. The summed E-state index contributed by atoms with van der Waals surface area (Å²) in [5.41, 5.74) is 1.40. The van der Waals surface area contributed by atoms with Crippen LogP contribution < -0.4 is 0 Å². The van der Waals surface area contributed by atoms with Crippen molar-refractivity contribution in [2.45, 2.75) is 25.4 Å². The van der Waals surface area contributed by atoms with Crippen LogP contribution in [0.1, 0.15) is 25.0 Å². The number of Topliss-reactive ketones (excluding diaryl/α,β-unsaturated/α-hetero) is 1. The largest absolute Gasteiger partial charge is 0.376 e. The molecule has 1 saturated carbocycles. The highest BCUT2D eigenvalue weighted by atomic mass is 16.5. The first-order valence-electron chi connectivity index (χ1n) is 7.50. The van der Waals surface area contributed by atoms with Crippen molar-refractivity contribution in [3.8, 4) is 0 Å². The van der Waals surface area contributed by atoms with Crippen LogP contribution in [0.3, 0.4) is 0 Å². The Morgan fingerprint density at radius 2 is 1.43 bits per heavy atom. The van der Waals surface area contributed by atoms with Crippen molar-refractivity contribution in [3.63, 3.8) is 0 Å². The van der Waals surface area contributed by atoms with Crippen LogP contribution in [-0.4, -0.2) is 18.5 Å². The van der Waals surface area contributed by atoms with Gasteiger partial charge >= 0.3 is 0 Å². The van der Waals surface area contributed by atoms with E-state index < -0.39 is 5.41 Å². The molecule has 1 aliphatic carbocycles. The van der Waals surface area contributed by atoms with Gasteiger partial charge in [0.1, 0.15) is 5.41 Å². The minimum atomic E-state index is -0.655. The number of ketones is 1. The van der Waals surface area contributed by atoms with Crippen molar-refractivity contribution in [2.24, 2.45) is 5.92 Å². The summed E-state index contributed by atoms with van der Waals surface area (Å²) in [6.07, 6.45) is -0.0974. The summed E-state index contributed by atoms with van der Waals surface area (Å²) in [6.45, 7) is 4.56. The number of carbonyl (C=O) groups is 1. The normalized spacial score (nSPS) is 23.6. The molecule has 2 atom stereocenters. The van der Waals surface area contributed by atoms with Crippen molar-refractivity contribution in [3.05, 3.63) is 71.8 Å². The zero-order chi connectivity index (χ0) is 14.9. The predicted octanol–water partition coefficient (Wildman–Crippen LogP) is 3.60. The fourth-order valence-electron chi connectivity index (χ4n) is 3.55. The molecule has 0 spiro atoms. The molecule has 1 fully saturated rings. The van der Waals surface area contributed by atoms with Crippen LogP contribution in [0.4, 0.5) is 0 Å². The Balaban J connectivity index is 2.19. The molecule has 0 aliphatic heterocycles. The van der Waals surface area contributed by atoms with Crippen LogP contribution in [0.5, 0.6) is 0 Å². The van der Waals surface area contributed by atoms with Gasteiger partial charge in [-0.1, -0.05) is 67.6 Å². The van der Waals surface area contributed by atoms with E-state index in [9.17, 15) is 4.79 Å². The highest BCUT2D eigenvalue weighted by Gasteiger charge is 2.62. The zero-order valence-corrected chi connectivity index (χ0v) is 12.5. The third-order valence-electron chi connectivity index (χ3n) is 4.49. The molecule has 2 nitrogen and oxygen atoms in total. The lowest BCUT2D eigenvalue weighted by Crippen LogP contribution is -2.65. The Bertz CT molecular complexity index is 579. The Morgan fingerprint density at radius 1 is 0.952 bits per heavy atom. The minimum Gasteiger partial charge on any atom is -0.376 e. The monoisotopic (exact) mass is 280 g/mol. The molecule has 2 aromatic rings. The van der Waals surface area contributed by atoms with E-state index in [1.165, 1.54) is 0 Å². The van der Waals surface area contributed by atoms with E-state index >= 15 is 0 Å². The SMILES string of the molecule is CCO[C@H]1[C@@H](C)C(=O)C1(c1ccccc1)c1ccccc1. The van der Waals surface area contributed by atoms with Gasteiger partial charge in [-0.3, -0.25) is 4.79 Å². The molecule has 1 aliphatic rings. The molecule has 0 aromatic heterocycles. The van der Waals surface area contributed by atoms with Gasteiger partial charge in [-0.15, -0.1) is 0 Å². The summed E-state index contributed by atoms with van der Waals surface area (Å²) in [7, 11) is 0. The molecule has 21 heavy (non-hydrogen) atoms. The summed E-state index contributed by atoms with van der Waals surface area (Å²) in [6, 6.07) is 20.0. The first-order valence-corrected chi connectivity index (χ1v) is 7.50. The number of ether oxygens (including phenoxy) is 1. The molecule has 0 heterocycles. The third-order valence-corrected chi connectivity index (χ3v) is 4.49. The molecule has 0 radical (unpaired) electrons. The van der Waals surface area contributed by atoms with Gasteiger partial charge in [-0.25, -0.2) is 0 Å². The lowest BCUT2D eigenvalue weighted by atomic mass is 9.52. The Labute approximate surface area is 125 Å². The summed E-state index contributed by atoms with van der Waals surface area (Å²) < 4.78 is 5.96. The van der Waals surface area contributed by atoms with E-state index in [0.29, 0.717) is 6.61 Å². The fourth-order valence-corrected chi connectivity index (χ4v) is 3.55. The van der Waals surface area contributed by atoms with Crippen molar-refractivity contribution >= 4 is 5.78 Å². The molecule has 108 valence electrons. The average molecular weight is 280 g/mol. The van der Waals surface area contributed by atoms with Gasteiger partial charge in [-0.05, 0) is 18.1 Å². The lowest BCUT2D eigenvalue weighted by Gasteiger charge is -2.52. The topological polar surface area (TPSA) is 26.3 Å². The lowest BCUT2D eigenvalue weighted by molar-refractivity contribution is -0.157. The highest BCUT2D eigenvalue weighted by molar-refractivity contribution is 6.03. The summed E-state index contributed by atoms with van der Waals surface area (Å²) in [5, 5.41) is 0. The van der Waals surface area contributed by atoms with Crippen LogP contribution in [0.25, 0.3) is 0 Å². The van der Waals surface area contributed by atoms with Crippen LogP contribution in [-0.2, 0) is 14.9 Å². The van der Waals surface area contributed by atoms with Gasteiger partial charge in [0.05, 0.1) is 6.10 Å². The van der Waals surface area contributed by atoms with Crippen LogP contribution in [0, 0.1) is 5.92 Å². The van der Waals surface area contributed by atoms with Gasteiger partial charge in [0, 0.05) is 12.5 Å². The number of carbonyl (C=O) groups excluding carboxylic acids is 1. The molecule has 0 amide bonds. The molecular formula is C19H20O2. The maximum Gasteiger partial charge on any atom is 0.155 e. The molecule has 3 rings (SSSR count).